The Morgan fingerprint density at radius 3 is 2.03 bits per heavy atom. The van der Waals surface area contributed by atoms with Gasteiger partial charge in [-0.1, -0.05) is 18.2 Å². The van der Waals surface area contributed by atoms with E-state index in [0.717, 1.165) is 0 Å². The Labute approximate surface area is 161 Å². The first-order valence-electron chi connectivity index (χ1n) is 8.77. The molecule has 9 heteroatoms. The van der Waals surface area contributed by atoms with E-state index in [1.165, 1.54) is 0 Å². The summed E-state index contributed by atoms with van der Waals surface area (Å²) in [6.45, 7) is -0.146. The van der Waals surface area contributed by atoms with Crippen molar-refractivity contribution in [3.05, 3.63) is 59.2 Å². The molecule has 0 radical (unpaired) electrons. The lowest BCUT2D eigenvalue weighted by molar-refractivity contribution is -0.143. The van der Waals surface area contributed by atoms with Crippen molar-refractivity contribution in [1.82, 2.24) is 10.3 Å². The number of para-hydroxylation sites is 1. The summed E-state index contributed by atoms with van der Waals surface area (Å²) in [5.74, 6) is 0. The highest BCUT2D eigenvalue weighted by atomic mass is 19.4. The smallest absolute Gasteiger partial charge is 0.354 e. The second-order valence-corrected chi connectivity index (χ2v) is 6.51. The van der Waals surface area contributed by atoms with Crippen LogP contribution in [0.2, 0.25) is 0 Å². The van der Waals surface area contributed by atoms with Gasteiger partial charge in [0.25, 0.3) is 0 Å². The fourth-order valence-electron chi connectivity index (χ4n) is 3.21. The van der Waals surface area contributed by atoms with Crippen molar-refractivity contribution >= 4 is 10.9 Å². The first-order chi connectivity index (χ1) is 13.6. The van der Waals surface area contributed by atoms with Crippen LogP contribution in [-0.4, -0.2) is 24.7 Å². The number of hydrogen-bond donors (Lipinski definition) is 2. The molecule has 0 aliphatic rings. The normalized spacial score (nSPS) is 12.7. The highest BCUT2D eigenvalue weighted by molar-refractivity contribution is 5.91. The number of nitrogens with one attached hydrogen (secondary N) is 2. The Morgan fingerprint density at radius 2 is 1.45 bits per heavy atom. The molecule has 0 amide bonds. The Morgan fingerprint density at radius 1 is 0.828 bits per heavy atom. The SMILES string of the molecule is FCCNCCc1c(-c2cc(C(F)(F)F)cc(C(F)(F)F)c2)[nH]c2ccccc12. The molecule has 0 saturated carbocycles. The Kier molecular flexibility index (Phi) is 5.88. The van der Waals surface area contributed by atoms with Crippen LogP contribution in [0.25, 0.3) is 22.2 Å². The lowest BCUT2D eigenvalue weighted by atomic mass is 9.98. The molecule has 0 aliphatic carbocycles. The number of aromatic amines is 1. The van der Waals surface area contributed by atoms with Gasteiger partial charge >= 0.3 is 12.4 Å². The third-order valence-electron chi connectivity index (χ3n) is 4.51. The maximum absolute atomic E-state index is 13.2. The van der Waals surface area contributed by atoms with Crippen molar-refractivity contribution in [3.8, 4) is 11.3 Å². The summed E-state index contributed by atoms with van der Waals surface area (Å²) in [7, 11) is 0. The first kappa shape index (κ1) is 21.2. The molecule has 29 heavy (non-hydrogen) atoms. The van der Waals surface area contributed by atoms with Gasteiger partial charge in [0.05, 0.1) is 11.1 Å². The summed E-state index contributed by atoms with van der Waals surface area (Å²) in [4.78, 5) is 2.94. The number of halogens is 7. The largest absolute Gasteiger partial charge is 0.416 e. The van der Waals surface area contributed by atoms with E-state index in [2.05, 4.69) is 10.3 Å². The summed E-state index contributed by atoms with van der Waals surface area (Å²) < 4.78 is 91.6. The van der Waals surface area contributed by atoms with E-state index in [4.69, 9.17) is 0 Å². The Balaban J connectivity index is 2.16. The van der Waals surface area contributed by atoms with E-state index in [1.54, 1.807) is 24.3 Å². The third kappa shape index (κ3) is 4.72. The second kappa shape index (κ2) is 8.06. The van der Waals surface area contributed by atoms with Crippen LogP contribution in [-0.2, 0) is 18.8 Å². The van der Waals surface area contributed by atoms with Crippen LogP contribution in [0.1, 0.15) is 16.7 Å². The summed E-state index contributed by atoms with van der Waals surface area (Å²) in [5.41, 5.74) is -1.60. The van der Waals surface area contributed by atoms with E-state index in [-0.39, 0.29) is 23.9 Å². The minimum atomic E-state index is -4.93. The highest BCUT2D eigenvalue weighted by Crippen LogP contribution is 2.40. The molecule has 0 aliphatic heterocycles. The van der Waals surface area contributed by atoms with Crippen molar-refractivity contribution in [2.24, 2.45) is 0 Å². The van der Waals surface area contributed by atoms with Crippen molar-refractivity contribution in [3.63, 3.8) is 0 Å². The Bertz CT molecular complexity index is 954. The quantitative estimate of drug-likeness (QED) is 0.374. The van der Waals surface area contributed by atoms with Crippen LogP contribution < -0.4 is 5.32 Å². The van der Waals surface area contributed by atoms with Crippen molar-refractivity contribution in [2.45, 2.75) is 18.8 Å². The molecule has 1 heterocycles. The predicted octanol–water partition coefficient (Wildman–Crippen LogP) is 5.97. The molecular formula is C20H17F7N2. The molecule has 2 N–H and O–H groups in total. The molecule has 1 aromatic heterocycles. The monoisotopic (exact) mass is 418 g/mol. The molecule has 0 saturated heterocycles. The summed E-state index contributed by atoms with van der Waals surface area (Å²) in [6, 6.07) is 8.38. The van der Waals surface area contributed by atoms with Crippen LogP contribution in [0.3, 0.4) is 0 Å². The minimum Gasteiger partial charge on any atom is -0.354 e. The van der Waals surface area contributed by atoms with Crippen molar-refractivity contribution in [1.29, 1.82) is 0 Å². The van der Waals surface area contributed by atoms with Crippen molar-refractivity contribution in [2.75, 3.05) is 19.8 Å². The fourth-order valence-corrected chi connectivity index (χ4v) is 3.21. The maximum atomic E-state index is 13.2. The lowest BCUT2D eigenvalue weighted by Gasteiger charge is -2.15. The minimum absolute atomic E-state index is 0.106. The highest BCUT2D eigenvalue weighted by Gasteiger charge is 2.37. The first-order valence-corrected chi connectivity index (χ1v) is 8.77. The van der Waals surface area contributed by atoms with Gasteiger partial charge in [0.15, 0.2) is 0 Å². The number of fused-ring (bicyclic) bond motifs is 1. The molecular weight excluding hydrogens is 401 g/mol. The molecule has 0 spiro atoms. The van der Waals surface area contributed by atoms with Crippen LogP contribution in [0.5, 0.6) is 0 Å². The number of aromatic nitrogens is 1. The molecule has 2 nitrogen and oxygen atoms in total. The fraction of sp³-hybridized carbons (Fsp3) is 0.300. The molecule has 0 unspecified atom stereocenters. The zero-order valence-electron chi connectivity index (χ0n) is 15.0. The van der Waals surface area contributed by atoms with Gasteiger partial charge in [-0.2, -0.15) is 26.3 Å². The standard InChI is InChI=1S/C20H17F7N2/c21-6-8-28-7-5-16-15-3-1-2-4-17(15)29-18(16)12-9-13(19(22,23)24)11-14(10-12)20(25,26)27/h1-4,9-11,28-29H,5-8H2. The number of alkyl halides is 7. The van der Waals surface area contributed by atoms with Crippen LogP contribution >= 0.6 is 0 Å². The molecule has 156 valence electrons. The van der Waals surface area contributed by atoms with Gasteiger partial charge < -0.3 is 10.3 Å². The number of hydrogen-bond acceptors (Lipinski definition) is 1. The van der Waals surface area contributed by atoms with Gasteiger partial charge in [0.1, 0.15) is 6.67 Å². The van der Waals surface area contributed by atoms with Gasteiger partial charge in [0.2, 0.25) is 0 Å². The Hall–Kier alpha value is -2.55. The van der Waals surface area contributed by atoms with Crippen LogP contribution in [0, 0.1) is 0 Å². The number of rotatable bonds is 6. The van der Waals surface area contributed by atoms with Gasteiger partial charge in [0, 0.05) is 23.1 Å². The van der Waals surface area contributed by atoms with E-state index in [9.17, 15) is 30.7 Å². The third-order valence-corrected chi connectivity index (χ3v) is 4.51. The maximum Gasteiger partial charge on any atom is 0.416 e. The summed E-state index contributed by atoms with van der Waals surface area (Å²) in [5, 5.41) is 3.53. The van der Waals surface area contributed by atoms with E-state index >= 15 is 0 Å². The predicted molar refractivity (Wildman–Crippen MR) is 96.3 cm³/mol. The summed E-state index contributed by atoms with van der Waals surface area (Å²) in [6.07, 6.45) is -9.55. The molecule has 3 aromatic rings. The average Bonchev–Trinajstić information content (AvgIpc) is 3.02. The van der Waals surface area contributed by atoms with Gasteiger partial charge in [-0.05, 0) is 48.4 Å². The van der Waals surface area contributed by atoms with E-state index in [0.29, 0.717) is 41.6 Å². The molecule has 3 rings (SSSR count). The van der Waals surface area contributed by atoms with E-state index < -0.39 is 30.2 Å². The van der Waals surface area contributed by atoms with Crippen molar-refractivity contribution < 1.29 is 30.7 Å². The molecule has 0 bridgehead atoms. The number of benzene rings is 2. The van der Waals surface area contributed by atoms with E-state index in [1.807, 2.05) is 0 Å². The summed E-state index contributed by atoms with van der Waals surface area (Å²) >= 11 is 0. The zero-order valence-corrected chi connectivity index (χ0v) is 15.0. The second-order valence-electron chi connectivity index (χ2n) is 6.51. The molecule has 2 aromatic carbocycles. The number of H-pyrrole nitrogens is 1. The lowest BCUT2D eigenvalue weighted by Crippen LogP contribution is -2.19. The van der Waals surface area contributed by atoms with Crippen LogP contribution in [0.15, 0.2) is 42.5 Å². The molecule has 0 fully saturated rings. The zero-order chi connectivity index (χ0) is 21.2. The van der Waals surface area contributed by atoms with Gasteiger partial charge in [-0.3, -0.25) is 0 Å². The van der Waals surface area contributed by atoms with Gasteiger partial charge in [-0.15, -0.1) is 0 Å². The molecule has 0 atom stereocenters. The topological polar surface area (TPSA) is 27.8 Å². The van der Waals surface area contributed by atoms with Gasteiger partial charge in [-0.25, -0.2) is 4.39 Å². The van der Waals surface area contributed by atoms with Crippen LogP contribution in [0.4, 0.5) is 30.7 Å². The average molecular weight is 418 g/mol.